The molecule has 40 heavy (non-hydrogen) atoms. The van der Waals surface area contributed by atoms with Gasteiger partial charge in [0.25, 0.3) is 5.91 Å². The van der Waals surface area contributed by atoms with E-state index in [1.54, 1.807) is 18.5 Å². The van der Waals surface area contributed by atoms with Crippen molar-refractivity contribution in [3.8, 4) is 11.3 Å². The summed E-state index contributed by atoms with van der Waals surface area (Å²) < 4.78 is 40.9. The highest BCUT2D eigenvalue weighted by molar-refractivity contribution is 6.34. The van der Waals surface area contributed by atoms with Crippen molar-refractivity contribution in [2.75, 3.05) is 17.6 Å². The number of benzene rings is 1. The van der Waals surface area contributed by atoms with Gasteiger partial charge in [0.1, 0.15) is 28.7 Å². The molecule has 0 radical (unpaired) electrons. The highest BCUT2D eigenvalue weighted by Crippen LogP contribution is 2.39. The maximum Gasteiger partial charge on any atom is 0.416 e. The SMILES string of the molecule is Nc1nccn2c([C@@H]3CC[C@H]4CCC(=O)N4C3)nc(-c3ccc(C(=O)Nc4cc(C(F)(F)F)ccn4)cc3Cl)c12. The zero-order valence-electron chi connectivity index (χ0n) is 21.0. The van der Waals surface area contributed by atoms with E-state index >= 15 is 0 Å². The number of alkyl halides is 3. The summed E-state index contributed by atoms with van der Waals surface area (Å²) >= 11 is 6.63. The number of nitrogen functional groups attached to an aromatic ring is 1. The molecule has 5 heterocycles. The predicted molar refractivity (Wildman–Crippen MR) is 142 cm³/mol. The van der Waals surface area contributed by atoms with Crippen molar-refractivity contribution in [2.24, 2.45) is 0 Å². The minimum absolute atomic E-state index is 0.00913. The molecule has 2 fully saturated rings. The monoisotopic (exact) mass is 569 g/mol. The lowest BCUT2D eigenvalue weighted by Crippen LogP contribution is -2.41. The summed E-state index contributed by atoms with van der Waals surface area (Å²) in [4.78, 5) is 40.1. The number of hydrogen-bond acceptors (Lipinski definition) is 6. The summed E-state index contributed by atoms with van der Waals surface area (Å²) in [5.41, 5.74) is 7.00. The summed E-state index contributed by atoms with van der Waals surface area (Å²) in [6.07, 6.45) is 2.97. The van der Waals surface area contributed by atoms with E-state index in [1.165, 1.54) is 12.1 Å². The number of pyridine rings is 1. The van der Waals surface area contributed by atoms with Gasteiger partial charge in [0.2, 0.25) is 5.91 Å². The van der Waals surface area contributed by atoms with Gasteiger partial charge in [-0.1, -0.05) is 17.7 Å². The van der Waals surface area contributed by atoms with Gasteiger partial charge in [-0.15, -0.1) is 0 Å². The van der Waals surface area contributed by atoms with Crippen LogP contribution in [0.15, 0.2) is 48.9 Å². The van der Waals surface area contributed by atoms with Crippen LogP contribution in [0.1, 0.15) is 53.3 Å². The molecule has 13 heteroatoms. The molecule has 3 N–H and O–H groups in total. The number of aromatic nitrogens is 4. The van der Waals surface area contributed by atoms with Crippen LogP contribution in [0.4, 0.5) is 24.8 Å². The summed E-state index contributed by atoms with van der Waals surface area (Å²) in [6.45, 7) is 0.570. The molecule has 2 atom stereocenters. The number of carbonyl (C=O) groups is 2. The van der Waals surface area contributed by atoms with Gasteiger partial charge in [0.05, 0.1) is 10.6 Å². The number of carbonyl (C=O) groups excluding carboxylic acids is 2. The summed E-state index contributed by atoms with van der Waals surface area (Å²) in [5.74, 6) is 0.222. The summed E-state index contributed by atoms with van der Waals surface area (Å²) in [5, 5.41) is 2.57. The first-order valence-corrected chi connectivity index (χ1v) is 13.0. The molecule has 2 aliphatic heterocycles. The molecule has 9 nitrogen and oxygen atoms in total. The molecule has 0 bridgehead atoms. The Labute approximate surface area is 231 Å². The van der Waals surface area contributed by atoms with E-state index in [0.717, 1.165) is 43.4 Å². The minimum atomic E-state index is -4.57. The Balaban J connectivity index is 1.32. The maximum atomic E-state index is 13.0. The third kappa shape index (κ3) is 4.61. The van der Waals surface area contributed by atoms with Crippen LogP contribution in [0, 0.1) is 0 Å². The highest BCUT2D eigenvalue weighted by atomic mass is 35.5. The zero-order valence-corrected chi connectivity index (χ0v) is 21.7. The summed E-state index contributed by atoms with van der Waals surface area (Å²) in [7, 11) is 0. The first-order valence-electron chi connectivity index (χ1n) is 12.7. The van der Waals surface area contributed by atoms with Crippen LogP contribution < -0.4 is 11.1 Å². The normalized spacial score (nSPS) is 19.2. The smallest absolute Gasteiger partial charge is 0.382 e. The number of rotatable bonds is 4. The van der Waals surface area contributed by atoms with Gasteiger partial charge in [-0.2, -0.15) is 13.2 Å². The number of nitrogens with one attached hydrogen (secondary N) is 1. The second kappa shape index (κ2) is 9.77. The Morgan fingerprint density at radius 3 is 2.70 bits per heavy atom. The molecular weight excluding hydrogens is 547 g/mol. The maximum absolute atomic E-state index is 13.0. The van der Waals surface area contributed by atoms with Gasteiger partial charge in [0, 0.05) is 54.6 Å². The number of fused-ring (bicyclic) bond motifs is 2. The third-order valence-corrected chi connectivity index (χ3v) is 7.82. The number of hydrogen-bond donors (Lipinski definition) is 2. The first-order chi connectivity index (χ1) is 19.1. The van der Waals surface area contributed by atoms with Crippen LogP contribution in [-0.4, -0.2) is 48.7 Å². The second-order valence-corrected chi connectivity index (χ2v) is 10.3. The molecule has 2 saturated heterocycles. The van der Waals surface area contributed by atoms with E-state index in [0.29, 0.717) is 29.7 Å². The Bertz CT molecular complexity index is 1660. The van der Waals surface area contributed by atoms with Crippen molar-refractivity contribution in [3.63, 3.8) is 0 Å². The molecule has 6 rings (SSSR count). The lowest BCUT2D eigenvalue weighted by molar-refractivity contribution is -0.137. The van der Waals surface area contributed by atoms with Crippen LogP contribution in [0.25, 0.3) is 16.8 Å². The average Bonchev–Trinajstić information content (AvgIpc) is 3.49. The molecule has 2 aliphatic rings. The number of halogens is 4. The van der Waals surface area contributed by atoms with Crippen LogP contribution in [-0.2, 0) is 11.0 Å². The molecule has 0 spiro atoms. The van der Waals surface area contributed by atoms with Crippen LogP contribution >= 0.6 is 11.6 Å². The largest absolute Gasteiger partial charge is 0.416 e. The third-order valence-electron chi connectivity index (χ3n) is 7.51. The van der Waals surface area contributed by atoms with Crippen molar-refractivity contribution in [1.29, 1.82) is 0 Å². The molecule has 3 aromatic heterocycles. The number of nitrogens with two attached hydrogens (primary N) is 1. The Morgan fingerprint density at radius 2 is 1.93 bits per heavy atom. The Kier molecular flexibility index (Phi) is 6.37. The molecule has 1 aromatic carbocycles. The van der Waals surface area contributed by atoms with Gasteiger partial charge in [-0.05, 0) is 43.5 Å². The van der Waals surface area contributed by atoms with E-state index in [9.17, 15) is 22.8 Å². The second-order valence-electron chi connectivity index (χ2n) is 9.94. The first kappa shape index (κ1) is 26.1. The van der Waals surface area contributed by atoms with Gasteiger partial charge in [0.15, 0.2) is 0 Å². The molecular formula is C27H23ClF3N7O2. The topological polar surface area (TPSA) is 119 Å². The number of imidazole rings is 1. The highest BCUT2D eigenvalue weighted by Gasteiger charge is 2.38. The minimum Gasteiger partial charge on any atom is -0.382 e. The standard InChI is InChI=1S/C27H23ClF3N7O2/c28-19-11-14(26(40)35-20-12-16(7-8-33-20)27(29,30)31)2-5-18(19)22-23-24(32)34-9-10-37(23)25(36-22)15-1-3-17-4-6-21(39)38(17)13-15/h2,5,7-12,15,17H,1,3-4,6,13H2,(H2,32,34)(H,33,35,40)/t15-,17+/m1/s1. The lowest BCUT2D eigenvalue weighted by atomic mass is 9.92. The van der Waals surface area contributed by atoms with Gasteiger partial charge in [-0.25, -0.2) is 15.0 Å². The molecule has 0 unspecified atom stereocenters. The molecule has 206 valence electrons. The Morgan fingerprint density at radius 1 is 1.10 bits per heavy atom. The van der Waals surface area contributed by atoms with Crippen LogP contribution in [0.5, 0.6) is 0 Å². The molecule has 0 aliphatic carbocycles. The lowest BCUT2D eigenvalue weighted by Gasteiger charge is -2.34. The van der Waals surface area contributed by atoms with E-state index in [-0.39, 0.29) is 40.1 Å². The predicted octanol–water partition coefficient (Wildman–Crippen LogP) is 5.17. The number of piperidine rings is 1. The van der Waals surface area contributed by atoms with Crippen LogP contribution in [0.3, 0.4) is 0 Å². The van der Waals surface area contributed by atoms with Gasteiger partial charge in [-0.3, -0.25) is 14.0 Å². The van der Waals surface area contributed by atoms with Gasteiger partial charge >= 0.3 is 6.18 Å². The molecule has 0 saturated carbocycles. The fourth-order valence-corrected chi connectivity index (χ4v) is 5.82. The van der Waals surface area contributed by atoms with E-state index < -0.39 is 17.6 Å². The Hall–Kier alpha value is -4.19. The average molecular weight is 570 g/mol. The van der Waals surface area contributed by atoms with Crippen molar-refractivity contribution in [3.05, 3.63) is 70.9 Å². The number of nitrogens with zero attached hydrogens (tertiary/aromatic N) is 5. The van der Waals surface area contributed by atoms with E-state index in [1.807, 2.05) is 9.30 Å². The fourth-order valence-electron chi connectivity index (χ4n) is 5.55. The van der Waals surface area contributed by atoms with Crippen LogP contribution in [0.2, 0.25) is 5.02 Å². The summed E-state index contributed by atoms with van der Waals surface area (Å²) in [6, 6.07) is 6.36. The van der Waals surface area contributed by atoms with Crippen molar-refractivity contribution >= 4 is 40.6 Å². The molecule has 4 aromatic rings. The molecule has 2 amide bonds. The van der Waals surface area contributed by atoms with E-state index in [2.05, 4.69) is 15.3 Å². The zero-order chi connectivity index (χ0) is 28.2. The van der Waals surface area contributed by atoms with E-state index in [4.69, 9.17) is 22.3 Å². The quantitative estimate of drug-likeness (QED) is 0.350. The van der Waals surface area contributed by atoms with Crippen molar-refractivity contribution in [1.82, 2.24) is 24.3 Å². The van der Waals surface area contributed by atoms with Crippen molar-refractivity contribution < 1.29 is 22.8 Å². The number of anilines is 2. The fraction of sp³-hybridized carbons (Fsp3) is 0.296. The van der Waals surface area contributed by atoms with Crippen molar-refractivity contribution in [2.45, 2.75) is 43.8 Å². The van der Waals surface area contributed by atoms with Gasteiger partial charge < -0.3 is 16.0 Å². The number of amides is 2.